The van der Waals surface area contributed by atoms with E-state index >= 15 is 0 Å². The van der Waals surface area contributed by atoms with Crippen LogP contribution in [-0.2, 0) is 6.42 Å². The first-order chi connectivity index (χ1) is 14.4. The SMILES string of the molecule is CCC[Si@H]1CC[C@H]([C@H]2CC[C@H](CCCCc3ccc(OC(F)(F)F)cc3)CC2)CC1. The molecule has 2 aliphatic rings. The molecule has 1 nitrogen and oxygen atoms in total. The zero-order valence-corrected chi connectivity index (χ0v) is 19.7. The third kappa shape index (κ3) is 7.94. The van der Waals surface area contributed by atoms with Crippen LogP contribution in [0, 0.1) is 17.8 Å². The topological polar surface area (TPSA) is 9.23 Å². The van der Waals surface area contributed by atoms with Gasteiger partial charge in [-0.05, 0) is 61.1 Å². The van der Waals surface area contributed by atoms with Gasteiger partial charge in [-0.1, -0.05) is 82.1 Å². The van der Waals surface area contributed by atoms with Gasteiger partial charge in [0.1, 0.15) is 5.75 Å². The third-order valence-electron chi connectivity index (χ3n) is 7.63. The first kappa shape index (κ1) is 23.7. The van der Waals surface area contributed by atoms with Gasteiger partial charge in [0.25, 0.3) is 0 Å². The zero-order chi connectivity index (χ0) is 21.4. The summed E-state index contributed by atoms with van der Waals surface area (Å²) in [5.41, 5.74) is 1.09. The minimum Gasteiger partial charge on any atom is -0.406 e. The molecule has 0 amide bonds. The lowest BCUT2D eigenvalue weighted by Crippen LogP contribution is -2.28. The van der Waals surface area contributed by atoms with Gasteiger partial charge in [0.2, 0.25) is 0 Å². The molecule has 0 spiro atoms. The highest BCUT2D eigenvalue weighted by Gasteiger charge is 2.31. The summed E-state index contributed by atoms with van der Waals surface area (Å²) in [6, 6.07) is 11.1. The largest absolute Gasteiger partial charge is 0.573 e. The van der Waals surface area contributed by atoms with Crippen molar-refractivity contribution in [3.63, 3.8) is 0 Å². The lowest BCUT2D eigenvalue weighted by atomic mass is 9.73. The quantitative estimate of drug-likeness (QED) is 0.278. The standard InChI is InChI=1S/C25H39F3OSi/c1-2-17-30-18-15-23(16-19-30)22-11-7-20(8-12-22)5-3-4-6-21-9-13-24(14-10-21)29-25(26,27)28/h9-10,13-14,20,22-23,30H,2-8,11-12,15-19H2,1H3/t20-,22-,23-,30-. The Hall–Kier alpha value is -0.973. The van der Waals surface area contributed by atoms with Crippen molar-refractivity contribution in [2.45, 2.75) is 102 Å². The monoisotopic (exact) mass is 440 g/mol. The van der Waals surface area contributed by atoms with Crippen LogP contribution in [0.25, 0.3) is 0 Å². The van der Waals surface area contributed by atoms with Crippen molar-refractivity contribution in [1.82, 2.24) is 0 Å². The lowest BCUT2D eigenvalue weighted by molar-refractivity contribution is -0.274. The molecule has 0 radical (unpaired) electrons. The van der Waals surface area contributed by atoms with E-state index in [4.69, 9.17) is 0 Å². The van der Waals surface area contributed by atoms with E-state index in [1.165, 1.54) is 57.1 Å². The van der Waals surface area contributed by atoms with Gasteiger partial charge in [-0.15, -0.1) is 13.2 Å². The maximum Gasteiger partial charge on any atom is 0.573 e. The molecule has 1 aliphatic carbocycles. The van der Waals surface area contributed by atoms with Crippen LogP contribution in [0.1, 0.15) is 76.7 Å². The summed E-state index contributed by atoms with van der Waals surface area (Å²) in [5.74, 6) is 2.81. The molecule has 1 aliphatic heterocycles. The number of alkyl halides is 3. The Bertz CT molecular complexity index is 600. The average Bonchev–Trinajstić information content (AvgIpc) is 2.73. The van der Waals surface area contributed by atoms with E-state index in [1.54, 1.807) is 43.1 Å². The first-order valence-corrected chi connectivity index (χ1v) is 14.7. The second-order valence-corrected chi connectivity index (χ2v) is 13.3. The van der Waals surface area contributed by atoms with Crippen molar-refractivity contribution in [3.05, 3.63) is 29.8 Å². The Morgan fingerprint density at radius 3 is 2.13 bits per heavy atom. The number of unbranched alkanes of at least 4 members (excludes halogenated alkanes) is 1. The Kier molecular flexibility index (Phi) is 9.15. The molecule has 0 unspecified atom stereocenters. The van der Waals surface area contributed by atoms with Crippen LogP contribution in [0.15, 0.2) is 24.3 Å². The van der Waals surface area contributed by atoms with Gasteiger partial charge < -0.3 is 4.74 Å². The average molecular weight is 441 g/mol. The first-order valence-electron chi connectivity index (χ1n) is 12.3. The van der Waals surface area contributed by atoms with Gasteiger partial charge in [0.15, 0.2) is 0 Å². The maximum atomic E-state index is 12.2. The van der Waals surface area contributed by atoms with Crippen molar-refractivity contribution in [3.8, 4) is 5.75 Å². The normalized spacial score (nSPS) is 27.7. The van der Waals surface area contributed by atoms with Crippen LogP contribution in [0.5, 0.6) is 5.75 Å². The molecule has 1 aromatic carbocycles. The number of halogens is 3. The summed E-state index contributed by atoms with van der Waals surface area (Å²) in [4.78, 5) is 0. The molecule has 3 rings (SSSR count). The fourth-order valence-electron chi connectivity index (χ4n) is 5.92. The van der Waals surface area contributed by atoms with E-state index in [2.05, 4.69) is 11.7 Å². The molecule has 5 heteroatoms. The summed E-state index contributed by atoms with van der Waals surface area (Å²) in [6.07, 6.45) is 10.2. The van der Waals surface area contributed by atoms with Gasteiger partial charge in [0.05, 0.1) is 0 Å². The Labute approximate surface area is 182 Å². The number of hydrogen-bond acceptors (Lipinski definition) is 1. The summed E-state index contributed by atoms with van der Waals surface area (Å²) in [6.45, 7) is 2.35. The molecule has 0 aromatic heterocycles. The van der Waals surface area contributed by atoms with Crippen molar-refractivity contribution >= 4 is 8.80 Å². The number of hydrogen-bond donors (Lipinski definition) is 0. The van der Waals surface area contributed by atoms with Crippen LogP contribution in [0.3, 0.4) is 0 Å². The summed E-state index contributed by atoms with van der Waals surface area (Å²) < 4.78 is 40.6. The van der Waals surface area contributed by atoms with E-state index in [0.717, 1.165) is 36.2 Å². The maximum absolute atomic E-state index is 12.2. The smallest absolute Gasteiger partial charge is 0.406 e. The van der Waals surface area contributed by atoms with Gasteiger partial charge in [-0.25, -0.2) is 0 Å². The predicted molar refractivity (Wildman–Crippen MR) is 121 cm³/mol. The highest BCUT2D eigenvalue weighted by Crippen LogP contribution is 2.42. The summed E-state index contributed by atoms with van der Waals surface area (Å²) in [7, 11) is -0.346. The highest BCUT2D eigenvalue weighted by atomic mass is 28.3. The lowest BCUT2D eigenvalue weighted by Gasteiger charge is -2.37. The highest BCUT2D eigenvalue weighted by molar-refractivity contribution is 6.58. The molecule has 1 saturated heterocycles. The predicted octanol–water partition coefficient (Wildman–Crippen LogP) is 8.15. The van der Waals surface area contributed by atoms with E-state index in [1.807, 2.05) is 0 Å². The minimum atomic E-state index is -4.61. The zero-order valence-electron chi connectivity index (χ0n) is 18.6. The van der Waals surface area contributed by atoms with Gasteiger partial charge in [-0.3, -0.25) is 0 Å². The molecule has 2 fully saturated rings. The van der Waals surface area contributed by atoms with Crippen LogP contribution < -0.4 is 4.74 Å². The second kappa shape index (κ2) is 11.6. The number of ether oxygens (including phenoxy) is 1. The fourth-order valence-corrected chi connectivity index (χ4v) is 9.41. The summed E-state index contributed by atoms with van der Waals surface area (Å²) in [5, 5.41) is 0. The van der Waals surface area contributed by atoms with E-state index in [0.29, 0.717) is 0 Å². The third-order valence-corrected chi connectivity index (χ3v) is 11.3. The van der Waals surface area contributed by atoms with Crippen LogP contribution in [-0.4, -0.2) is 15.2 Å². The Balaban J connectivity index is 1.27. The molecule has 1 aromatic rings. The molecule has 1 heterocycles. The second-order valence-electron chi connectivity index (χ2n) is 9.79. The van der Waals surface area contributed by atoms with Gasteiger partial charge >= 0.3 is 6.36 Å². The van der Waals surface area contributed by atoms with Gasteiger partial charge in [-0.2, -0.15) is 0 Å². The number of benzene rings is 1. The number of rotatable bonds is 9. The molecule has 0 bridgehead atoms. The molecule has 0 N–H and O–H groups in total. The molecule has 30 heavy (non-hydrogen) atoms. The van der Waals surface area contributed by atoms with E-state index in [9.17, 15) is 13.2 Å². The van der Waals surface area contributed by atoms with Crippen molar-refractivity contribution in [1.29, 1.82) is 0 Å². The fraction of sp³-hybridized carbons (Fsp3) is 0.760. The molecule has 0 atom stereocenters. The van der Waals surface area contributed by atoms with Gasteiger partial charge in [0, 0.05) is 8.80 Å². The summed E-state index contributed by atoms with van der Waals surface area (Å²) >= 11 is 0. The molecule has 1 saturated carbocycles. The van der Waals surface area contributed by atoms with E-state index in [-0.39, 0.29) is 14.5 Å². The Morgan fingerprint density at radius 1 is 0.900 bits per heavy atom. The van der Waals surface area contributed by atoms with Crippen LogP contribution in [0.2, 0.25) is 18.1 Å². The van der Waals surface area contributed by atoms with Crippen LogP contribution in [0.4, 0.5) is 13.2 Å². The van der Waals surface area contributed by atoms with Crippen LogP contribution >= 0.6 is 0 Å². The molecular formula is C25H39F3OSi. The molecule has 170 valence electrons. The van der Waals surface area contributed by atoms with Crippen molar-refractivity contribution < 1.29 is 17.9 Å². The Morgan fingerprint density at radius 2 is 1.53 bits per heavy atom. The van der Waals surface area contributed by atoms with Crippen molar-refractivity contribution in [2.75, 3.05) is 0 Å². The van der Waals surface area contributed by atoms with Crippen molar-refractivity contribution in [2.24, 2.45) is 17.8 Å². The minimum absolute atomic E-state index is 0.135. The van der Waals surface area contributed by atoms with E-state index < -0.39 is 6.36 Å². The molecular weight excluding hydrogens is 401 g/mol. The number of aryl methyl sites for hydroxylation is 1.